The second-order valence-corrected chi connectivity index (χ2v) is 2.20. The molecule has 0 atom stereocenters. The Labute approximate surface area is 68.9 Å². The van der Waals surface area contributed by atoms with Gasteiger partial charge < -0.3 is 4.90 Å². The zero-order valence-corrected chi connectivity index (χ0v) is 7.68. The van der Waals surface area contributed by atoms with Gasteiger partial charge in [0.15, 0.2) is 0 Å². The van der Waals surface area contributed by atoms with Crippen LogP contribution in [-0.2, 0) is 4.79 Å². The molecule has 0 spiro atoms. The van der Waals surface area contributed by atoms with Crippen LogP contribution < -0.4 is 0 Å². The highest BCUT2D eigenvalue weighted by Crippen LogP contribution is 2.18. The first-order valence-corrected chi connectivity index (χ1v) is 4.24. The summed E-state index contributed by atoms with van der Waals surface area (Å²) >= 11 is 0. The van der Waals surface area contributed by atoms with E-state index < -0.39 is 0 Å². The number of nitrogens with zero attached hydrogens (tertiary/aromatic N) is 1. The van der Waals surface area contributed by atoms with Crippen molar-refractivity contribution < 1.29 is 4.79 Å². The number of carbonyl (C=O) groups excluding carboxylic acids is 1. The molecule has 1 saturated heterocycles. The van der Waals surface area contributed by atoms with Gasteiger partial charge in [0.2, 0.25) is 5.91 Å². The van der Waals surface area contributed by atoms with Gasteiger partial charge in [-0.3, -0.25) is 4.79 Å². The predicted octanol–water partition coefficient (Wildman–Crippen LogP) is 2.17. The first-order chi connectivity index (χ1) is 5.25. The summed E-state index contributed by atoms with van der Waals surface area (Å²) in [5, 5.41) is 0. The molecule has 0 unspecified atom stereocenters. The van der Waals surface area contributed by atoms with Gasteiger partial charge in [0, 0.05) is 18.7 Å². The van der Waals surface area contributed by atoms with Crippen LogP contribution in [0.2, 0.25) is 0 Å². The van der Waals surface area contributed by atoms with Crippen molar-refractivity contribution >= 4 is 5.91 Å². The van der Waals surface area contributed by atoms with Gasteiger partial charge in [-0.2, -0.15) is 0 Å². The molecule has 0 bridgehead atoms. The van der Waals surface area contributed by atoms with Gasteiger partial charge in [0.1, 0.15) is 0 Å². The van der Waals surface area contributed by atoms with Crippen LogP contribution in [0.25, 0.3) is 0 Å². The lowest BCUT2D eigenvalue weighted by molar-refractivity contribution is -0.126. The van der Waals surface area contributed by atoms with Crippen LogP contribution in [-0.4, -0.2) is 17.4 Å². The average molecular weight is 155 g/mol. The van der Waals surface area contributed by atoms with Crippen LogP contribution in [0.4, 0.5) is 0 Å². The molecule has 2 heteroatoms. The van der Waals surface area contributed by atoms with Crippen molar-refractivity contribution in [3.8, 4) is 0 Å². The van der Waals surface area contributed by atoms with E-state index in [1.165, 1.54) is 0 Å². The fourth-order valence-corrected chi connectivity index (χ4v) is 1.10. The molecule has 2 nitrogen and oxygen atoms in total. The summed E-state index contributed by atoms with van der Waals surface area (Å²) in [5.41, 5.74) is 0.975. The Kier molecular flexibility index (Phi) is 4.59. The van der Waals surface area contributed by atoms with Crippen molar-refractivity contribution in [2.24, 2.45) is 0 Å². The number of likely N-dealkylation sites (tertiary alicyclic amines) is 1. The molecule has 0 saturated carbocycles. The van der Waals surface area contributed by atoms with Gasteiger partial charge in [-0.15, -0.1) is 0 Å². The molecule has 11 heavy (non-hydrogen) atoms. The molecule has 1 heterocycles. The van der Waals surface area contributed by atoms with Crippen molar-refractivity contribution in [1.82, 2.24) is 4.90 Å². The van der Waals surface area contributed by atoms with Gasteiger partial charge in [-0.1, -0.05) is 20.4 Å². The maximum atomic E-state index is 10.9. The van der Waals surface area contributed by atoms with Crippen molar-refractivity contribution in [1.29, 1.82) is 0 Å². The monoisotopic (exact) mass is 155 g/mol. The van der Waals surface area contributed by atoms with E-state index in [1.807, 2.05) is 20.8 Å². The molecule has 0 aromatic heterocycles. The van der Waals surface area contributed by atoms with Gasteiger partial charge in [0.05, 0.1) is 0 Å². The lowest BCUT2D eigenvalue weighted by atomic mass is 10.3. The van der Waals surface area contributed by atoms with E-state index >= 15 is 0 Å². The standard InChI is InChI=1S/C7H11NO.C2H6/c1-3-8-6(2)4-5-7(8)9;1-2/h2-5H2,1H3;1-2H3. The number of carbonyl (C=O) groups is 1. The largest absolute Gasteiger partial charge is 0.317 e. The number of allylic oxidation sites excluding steroid dienone is 1. The Balaban J connectivity index is 0.000000461. The lowest BCUT2D eigenvalue weighted by Gasteiger charge is -2.12. The predicted molar refractivity (Wildman–Crippen MR) is 47.1 cm³/mol. The van der Waals surface area contributed by atoms with Gasteiger partial charge >= 0.3 is 0 Å². The van der Waals surface area contributed by atoms with Crippen LogP contribution in [0.5, 0.6) is 0 Å². The van der Waals surface area contributed by atoms with E-state index in [2.05, 4.69) is 6.58 Å². The summed E-state index contributed by atoms with van der Waals surface area (Å²) in [6, 6.07) is 0. The number of hydrogen-bond donors (Lipinski definition) is 0. The molecule has 1 aliphatic rings. The molecule has 1 rings (SSSR count). The molecule has 0 radical (unpaired) electrons. The first kappa shape index (κ1) is 10.2. The molecular formula is C9H17NO. The molecular weight excluding hydrogens is 138 g/mol. The van der Waals surface area contributed by atoms with Gasteiger partial charge in [-0.25, -0.2) is 0 Å². The summed E-state index contributed by atoms with van der Waals surface area (Å²) in [5.74, 6) is 0.225. The normalized spacial score (nSPS) is 16.5. The second kappa shape index (κ2) is 4.94. The molecule has 0 aromatic rings. The number of hydrogen-bond acceptors (Lipinski definition) is 1. The summed E-state index contributed by atoms with van der Waals surface area (Å²) in [4.78, 5) is 12.6. The van der Waals surface area contributed by atoms with Crippen LogP contribution in [0.1, 0.15) is 33.6 Å². The van der Waals surface area contributed by atoms with E-state index in [-0.39, 0.29) is 5.91 Å². The summed E-state index contributed by atoms with van der Waals surface area (Å²) in [6.07, 6.45) is 1.51. The van der Waals surface area contributed by atoms with Crippen molar-refractivity contribution in [3.05, 3.63) is 12.3 Å². The Bertz CT molecular complexity index is 136. The SMILES string of the molecule is C=C1CCC(=O)N1CC.CC. The van der Waals surface area contributed by atoms with Crippen LogP contribution in [0, 0.1) is 0 Å². The molecule has 1 amide bonds. The highest BCUT2D eigenvalue weighted by atomic mass is 16.2. The Morgan fingerprint density at radius 1 is 1.45 bits per heavy atom. The molecule has 1 fully saturated rings. The van der Waals surface area contributed by atoms with Crippen molar-refractivity contribution in [2.75, 3.05) is 6.54 Å². The lowest BCUT2D eigenvalue weighted by Crippen LogP contribution is -2.21. The van der Waals surface area contributed by atoms with E-state index in [4.69, 9.17) is 0 Å². The first-order valence-electron chi connectivity index (χ1n) is 4.24. The molecule has 0 aromatic carbocycles. The minimum absolute atomic E-state index is 0.225. The molecule has 64 valence electrons. The molecule has 0 aliphatic carbocycles. The summed E-state index contributed by atoms with van der Waals surface area (Å²) in [6.45, 7) is 10.5. The fourth-order valence-electron chi connectivity index (χ4n) is 1.10. The summed E-state index contributed by atoms with van der Waals surface area (Å²) in [7, 11) is 0. The van der Waals surface area contributed by atoms with Crippen molar-refractivity contribution in [2.45, 2.75) is 33.6 Å². The van der Waals surface area contributed by atoms with E-state index in [9.17, 15) is 4.79 Å². The maximum absolute atomic E-state index is 10.9. The molecule has 1 aliphatic heterocycles. The third-order valence-electron chi connectivity index (χ3n) is 1.63. The number of rotatable bonds is 1. The van der Waals surface area contributed by atoms with E-state index in [0.717, 1.165) is 18.7 Å². The van der Waals surface area contributed by atoms with Crippen LogP contribution in [0.15, 0.2) is 12.3 Å². The third kappa shape index (κ3) is 2.37. The maximum Gasteiger partial charge on any atom is 0.227 e. The second-order valence-electron chi connectivity index (χ2n) is 2.20. The molecule has 0 N–H and O–H groups in total. The van der Waals surface area contributed by atoms with Gasteiger partial charge in [-0.05, 0) is 13.3 Å². The Morgan fingerprint density at radius 3 is 2.18 bits per heavy atom. The van der Waals surface area contributed by atoms with Crippen molar-refractivity contribution in [3.63, 3.8) is 0 Å². The smallest absolute Gasteiger partial charge is 0.227 e. The van der Waals surface area contributed by atoms with E-state index in [0.29, 0.717) is 6.42 Å². The topological polar surface area (TPSA) is 20.3 Å². The highest BCUT2D eigenvalue weighted by Gasteiger charge is 2.21. The van der Waals surface area contributed by atoms with E-state index in [1.54, 1.807) is 4.90 Å². The quantitative estimate of drug-likeness (QED) is 0.568. The van der Waals surface area contributed by atoms with Crippen LogP contribution in [0.3, 0.4) is 0 Å². The summed E-state index contributed by atoms with van der Waals surface area (Å²) < 4.78 is 0. The highest BCUT2D eigenvalue weighted by molar-refractivity contribution is 5.80. The fraction of sp³-hybridized carbons (Fsp3) is 0.667. The average Bonchev–Trinajstić information content (AvgIpc) is 2.35. The third-order valence-corrected chi connectivity index (χ3v) is 1.63. The van der Waals surface area contributed by atoms with Gasteiger partial charge in [0.25, 0.3) is 0 Å². The number of amides is 1. The minimum atomic E-state index is 0.225. The Morgan fingerprint density at radius 2 is 2.00 bits per heavy atom. The van der Waals surface area contributed by atoms with Crippen LogP contribution >= 0.6 is 0 Å². The minimum Gasteiger partial charge on any atom is -0.317 e. The Hall–Kier alpha value is -0.790. The zero-order valence-electron chi connectivity index (χ0n) is 7.68. The zero-order chi connectivity index (χ0) is 8.85.